The summed E-state index contributed by atoms with van der Waals surface area (Å²) in [6.45, 7) is 4.77. The first-order valence-electron chi connectivity index (χ1n) is 16.6. The molecule has 7 rings (SSSR count). The Labute approximate surface area is 280 Å². The van der Waals surface area contributed by atoms with Crippen LogP contribution in [0.2, 0.25) is 5.02 Å². The minimum atomic E-state index is -0.335. The van der Waals surface area contributed by atoms with Gasteiger partial charge in [-0.2, -0.15) is 0 Å². The van der Waals surface area contributed by atoms with Crippen molar-refractivity contribution >= 4 is 34.9 Å². The van der Waals surface area contributed by atoms with Crippen LogP contribution < -0.4 is 10.2 Å². The zero-order valence-electron chi connectivity index (χ0n) is 26.6. The number of carbonyl (C=O) groups is 2. The van der Waals surface area contributed by atoms with E-state index >= 15 is 0 Å². The van der Waals surface area contributed by atoms with E-state index in [0.29, 0.717) is 54.2 Å². The standard InChI is InChI=1S/C37H40ClFN6O2/c1-25-40-34-24-42(36(46)26-6-3-2-4-7-26)21-18-35(34)45(25)33-22-31-16-17-32(23-33)43(31)19-5-20-44(30-14-10-28(39)11-15-30)37(47)41-29-12-8-27(38)9-13-29/h2-4,6-15,31-33H,5,16-24H2,1H3,(H,41,47)/t31-,32+,33+. The van der Waals surface area contributed by atoms with Crippen molar-refractivity contribution in [3.63, 3.8) is 0 Å². The third kappa shape index (κ3) is 6.64. The lowest BCUT2D eigenvalue weighted by Gasteiger charge is -2.41. The lowest BCUT2D eigenvalue weighted by molar-refractivity contribution is 0.0728. The van der Waals surface area contributed by atoms with E-state index in [2.05, 4.69) is 21.7 Å². The number of piperidine rings is 1. The third-order valence-corrected chi connectivity index (χ3v) is 10.3. The highest BCUT2D eigenvalue weighted by molar-refractivity contribution is 6.30. The van der Waals surface area contributed by atoms with Gasteiger partial charge in [-0.25, -0.2) is 14.2 Å². The van der Waals surface area contributed by atoms with E-state index in [4.69, 9.17) is 16.6 Å². The number of urea groups is 1. The van der Waals surface area contributed by atoms with Gasteiger partial charge in [-0.1, -0.05) is 29.8 Å². The first kappa shape index (κ1) is 31.4. The average Bonchev–Trinajstić information content (AvgIpc) is 3.53. The molecule has 3 atom stereocenters. The number of hydrogen-bond donors (Lipinski definition) is 1. The smallest absolute Gasteiger partial charge is 0.326 e. The van der Waals surface area contributed by atoms with Crippen LogP contribution in [0.1, 0.15) is 65.7 Å². The van der Waals surface area contributed by atoms with Crippen molar-refractivity contribution in [2.45, 2.75) is 70.1 Å². The number of aryl methyl sites for hydroxylation is 1. The monoisotopic (exact) mass is 654 g/mol. The average molecular weight is 655 g/mol. The Morgan fingerprint density at radius 2 is 1.66 bits per heavy atom. The summed E-state index contributed by atoms with van der Waals surface area (Å²) in [5.74, 6) is 0.775. The van der Waals surface area contributed by atoms with E-state index in [1.54, 1.807) is 41.3 Å². The van der Waals surface area contributed by atoms with Crippen molar-refractivity contribution in [1.29, 1.82) is 0 Å². The van der Waals surface area contributed by atoms with E-state index in [0.717, 1.165) is 49.3 Å². The predicted molar refractivity (Wildman–Crippen MR) is 182 cm³/mol. The van der Waals surface area contributed by atoms with Gasteiger partial charge < -0.3 is 14.8 Å². The number of carbonyl (C=O) groups excluding carboxylic acids is 2. The molecular formula is C37H40ClFN6O2. The molecule has 0 unspecified atom stereocenters. The number of amides is 3. The van der Waals surface area contributed by atoms with Gasteiger partial charge in [0.25, 0.3) is 5.91 Å². The summed E-state index contributed by atoms with van der Waals surface area (Å²) in [5.41, 5.74) is 4.35. The first-order chi connectivity index (χ1) is 22.8. The highest BCUT2D eigenvalue weighted by Crippen LogP contribution is 2.42. The zero-order chi connectivity index (χ0) is 32.5. The summed E-state index contributed by atoms with van der Waals surface area (Å²) >= 11 is 6.02. The number of aromatic nitrogens is 2. The highest BCUT2D eigenvalue weighted by Gasteiger charge is 2.42. The fraction of sp³-hybridized carbons (Fsp3) is 0.378. The van der Waals surface area contributed by atoms with Gasteiger partial charge in [-0.15, -0.1) is 0 Å². The van der Waals surface area contributed by atoms with Crippen LogP contribution in [0.5, 0.6) is 0 Å². The Kier molecular flexibility index (Phi) is 9.01. The van der Waals surface area contributed by atoms with Crippen molar-refractivity contribution in [2.24, 2.45) is 0 Å². The molecule has 2 fully saturated rings. The number of imidazole rings is 1. The molecule has 47 heavy (non-hydrogen) atoms. The molecule has 244 valence electrons. The predicted octanol–water partition coefficient (Wildman–Crippen LogP) is 7.48. The zero-order valence-corrected chi connectivity index (χ0v) is 27.4. The molecule has 8 nitrogen and oxygen atoms in total. The van der Waals surface area contributed by atoms with Gasteiger partial charge >= 0.3 is 6.03 Å². The molecule has 0 saturated carbocycles. The summed E-state index contributed by atoms with van der Waals surface area (Å²) in [6.07, 6.45) is 6.12. The van der Waals surface area contributed by atoms with E-state index in [1.165, 1.54) is 30.7 Å². The molecule has 0 aliphatic carbocycles. The van der Waals surface area contributed by atoms with Gasteiger partial charge in [0.15, 0.2) is 0 Å². The van der Waals surface area contributed by atoms with Crippen LogP contribution in [0.25, 0.3) is 0 Å². The van der Waals surface area contributed by atoms with E-state index in [-0.39, 0.29) is 17.8 Å². The fourth-order valence-electron chi connectivity index (χ4n) is 7.89. The fourth-order valence-corrected chi connectivity index (χ4v) is 8.01. The molecule has 3 amide bonds. The number of nitrogens with zero attached hydrogens (tertiary/aromatic N) is 5. The van der Waals surface area contributed by atoms with Crippen LogP contribution in [0.15, 0.2) is 78.9 Å². The number of halogens is 2. The number of anilines is 2. The molecule has 4 aromatic rings. The van der Waals surface area contributed by atoms with Crippen molar-refractivity contribution in [1.82, 2.24) is 19.4 Å². The van der Waals surface area contributed by atoms with Crippen molar-refractivity contribution in [3.05, 3.63) is 112 Å². The Morgan fingerprint density at radius 3 is 2.36 bits per heavy atom. The number of fused-ring (bicyclic) bond motifs is 3. The number of nitrogens with one attached hydrogen (secondary N) is 1. The number of hydrogen-bond acceptors (Lipinski definition) is 4. The second kappa shape index (κ2) is 13.5. The maximum absolute atomic E-state index is 13.7. The molecule has 10 heteroatoms. The molecule has 3 aliphatic heterocycles. The van der Waals surface area contributed by atoms with Crippen molar-refractivity contribution in [3.8, 4) is 0 Å². The summed E-state index contributed by atoms with van der Waals surface area (Å²) in [6, 6.07) is 23.7. The summed E-state index contributed by atoms with van der Waals surface area (Å²) in [7, 11) is 0. The largest absolute Gasteiger partial charge is 0.332 e. The van der Waals surface area contributed by atoms with E-state index in [9.17, 15) is 14.0 Å². The second-order valence-corrected chi connectivity index (χ2v) is 13.4. The maximum atomic E-state index is 13.7. The lowest BCUT2D eigenvalue weighted by Crippen LogP contribution is -2.45. The van der Waals surface area contributed by atoms with Gasteiger partial charge in [-0.05, 0) is 99.7 Å². The van der Waals surface area contributed by atoms with Crippen LogP contribution in [-0.2, 0) is 13.0 Å². The summed E-state index contributed by atoms with van der Waals surface area (Å²) < 4.78 is 16.2. The Hall–Kier alpha value is -4.21. The number of benzene rings is 3. The molecule has 1 aromatic heterocycles. The SMILES string of the molecule is Cc1nc2c(n1[C@H]1C[C@H]3CC[C@@H](C1)N3CCCN(C(=O)Nc1ccc(Cl)cc1)c1ccc(F)cc1)CCN(C(=O)c1ccccc1)C2. The van der Waals surface area contributed by atoms with E-state index in [1.807, 2.05) is 35.2 Å². The quantitative estimate of drug-likeness (QED) is 0.214. The number of rotatable bonds is 8. The van der Waals surface area contributed by atoms with Gasteiger partial charge in [0.1, 0.15) is 11.6 Å². The van der Waals surface area contributed by atoms with Crippen molar-refractivity contribution < 1.29 is 14.0 Å². The minimum Gasteiger partial charge on any atom is -0.332 e. The topological polar surface area (TPSA) is 73.7 Å². The third-order valence-electron chi connectivity index (χ3n) is 10.0. The molecule has 2 bridgehead atoms. The normalized spacial score (nSPS) is 20.6. The Bertz CT molecular complexity index is 1710. The summed E-state index contributed by atoms with van der Waals surface area (Å²) in [5, 5.41) is 3.56. The van der Waals surface area contributed by atoms with Crippen LogP contribution in [0.3, 0.4) is 0 Å². The molecule has 4 heterocycles. The molecule has 3 aliphatic rings. The van der Waals surface area contributed by atoms with Crippen molar-refractivity contribution in [2.75, 3.05) is 29.9 Å². The molecule has 3 aromatic carbocycles. The molecular weight excluding hydrogens is 615 g/mol. The summed E-state index contributed by atoms with van der Waals surface area (Å²) in [4.78, 5) is 37.8. The molecule has 0 spiro atoms. The Balaban J connectivity index is 0.992. The maximum Gasteiger partial charge on any atom is 0.326 e. The molecule has 2 saturated heterocycles. The van der Waals surface area contributed by atoms with E-state index < -0.39 is 0 Å². The molecule has 0 radical (unpaired) electrons. The van der Waals surface area contributed by atoms with Gasteiger partial charge in [0.2, 0.25) is 0 Å². The van der Waals surface area contributed by atoms with Gasteiger partial charge in [0, 0.05) is 71.8 Å². The van der Waals surface area contributed by atoms with Crippen LogP contribution in [-0.4, -0.2) is 63.0 Å². The van der Waals surface area contributed by atoms with Crippen LogP contribution in [0, 0.1) is 12.7 Å². The van der Waals surface area contributed by atoms with Gasteiger partial charge in [0.05, 0.1) is 12.2 Å². The second-order valence-electron chi connectivity index (χ2n) is 12.9. The first-order valence-corrected chi connectivity index (χ1v) is 17.0. The molecule has 1 N–H and O–H groups in total. The Morgan fingerprint density at radius 1 is 0.957 bits per heavy atom. The van der Waals surface area contributed by atoms with Gasteiger partial charge in [-0.3, -0.25) is 14.6 Å². The lowest BCUT2D eigenvalue weighted by atomic mass is 9.95. The minimum absolute atomic E-state index is 0.0651. The van der Waals surface area contributed by atoms with Crippen LogP contribution in [0.4, 0.5) is 20.6 Å². The van der Waals surface area contributed by atoms with Crippen LogP contribution >= 0.6 is 11.6 Å². The highest BCUT2D eigenvalue weighted by atomic mass is 35.5.